The van der Waals surface area contributed by atoms with Gasteiger partial charge in [0, 0.05) is 24.3 Å². The van der Waals surface area contributed by atoms with E-state index in [-0.39, 0.29) is 11.9 Å². The first-order chi connectivity index (χ1) is 9.06. The molecule has 0 bridgehead atoms. The highest BCUT2D eigenvalue weighted by molar-refractivity contribution is 5.94. The minimum Gasteiger partial charge on any atom is -0.338 e. The van der Waals surface area contributed by atoms with Gasteiger partial charge in [0.25, 0.3) is 0 Å². The number of aryl methyl sites for hydroxylation is 1. The van der Waals surface area contributed by atoms with E-state index in [4.69, 9.17) is 0 Å². The third-order valence-corrected chi connectivity index (χ3v) is 2.63. The van der Waals surface area contributed by atoms with Crippen LogP contribution in [0.4, 0.5) is 16.2 Å². The van der Waals surface area contributed by atoms with E-state index in [0.29, 0.717) is 24.3 Å². The maximum atomic E-state index is 11.6. The second kappa shape index (κ2) is 7.41. The first-order valence-corrected chi connectivity index (χ1v) is 6.52. The average Bonchev–Trinajstić information content (AvgIpc) is 2.40. The first kappa shape index (κ1) is 15.0. The van der Waals surface area contributed by atoms with Crippen LogP contribution >= 0.6 is 0 Å². The molecule has 0 aliphatic rings. The summed E-state index contributed by atoms with van der Waals surface area (Å²) in [5, 5.41) is 8.28. The van der Waals surface area contributed by atoms with Gasteiger partial charge in [-0.15, -0.1) is 0 Å². The van der Waals surface area contributed by atoms with E-state index < -0.39 is 0 Å². The van der Waals surface area contributed by atoms with E-state index in [2.05, 4.69) is 16.0 Å². The minimum absolute atomic E-state index is 0.0507. The first-order valence-electron chi connectivity index (χ1n) is 6.52. The summed E-state index contributed by atoms with van der Waals surface area (Å²) < 4.78 is 0. The third kappa shape index (κ3) is 4.99. The summed E-state index contributed by atoms with van der Waals surface area (Å²) in [5.74, 6) is -0.0507. The highest BCUT2D eigenvalue weighted by Gasteiger charge is 2.06. The van der Waals surface area contributed by atoms with Crippen molar-refractivity contribution in [3.8, 4) is 0 Å². The zero-order valence-electron chi connectivity index (χ0n) is 11.7. The van der Waals surface area contributed by atoms with Crippen molar-refractivity contribution in [1.82, 2.24) is 5.32 Å². The Hall–Kier alpha value is -2.04. The Bertz CT molecular complexity index is 458. The SMILES string of the molecule is CCCNC(=O)Nc1cc(NC(=O)CC)ccc1C. The quantitative estimate of drug-likeness (QED) is 0.764. The van der Waals surface area contributed by atoms with Crippen LogP contribution in [0.25, 0.3) is 0 Å². The fraction of sp³-hybridized carbons (Fsp3) is 0.429. The molecule has 5 heteroatoms. The van der Waals surface area contributed by atoms with Crippen LogP contribution in [0.15, 0.2) is 18.2 Å². The van der Waals surface area contributed by atoms with Crippen molar-refractivity contribution in [3.63, 3.8) is 0 Å². The van der Waals surface area contributed by atoms with Crippen LogP contribution in [-0.4, -0.2) is 18.5 Å². The lowest BCUT2D eigenvalue weighted by Gasteiger charge is -2.11. The monoisotopic (exact) mass is 263 g/mol. The van der Waals surface area contributed by atoms with Gasteiger partial charge in [0.1, 0.15) is 0 Å². The molecule has 0 fully saturated rings. The molecular weight excluding hydrogens is 242 g/mol. The van der Waals surface area contributed by atoms with Crippen LogP contribution in [0.2, 0.25) is 0 Å². The molecule has 0 radical (unpaired) electrons. The molecule has 1 rings (SSSR count). The van der Waals surface area contributed by atoms with Gasteiger partial charge >= 0.3 is 6.03 Å². The summed E-state index contributed by atoms with van der Waals surface area (Å²) in [5.41, 5.74) is 2.33. The summed E-state index contributed by atoms with van der Waals surface area (Å²) in [6, 6.07) is 5.21. The molecule has 104 valence electrons. The summed E-state index contributed by atoms with van der Waals surface area (Å²) in [6.45, 7) is 6.32. The van der Waals surface area contributed by atoms with Gasteiger partial charge in [-0.3, -0.25) is 4.79 Å². The Balaban J connectivity index is 2.74. The minimum atomic E-state index is -0.232. The molecule has 0 saturated carbocycles. The van der Waals surface area contributed by atoms with Gasteiger partial charge in [-0.2, -0.15) is 0 Å². The maximum Gasteiger partial charge on any atom is 0.319 e. The van der Waals surface area contributed by atoms with Gasteiger partial charge in [-0.25, -0.2) is 4.79 Å². The number of rotatable bonds is 5. The Morgan fingerprint density at radius 3 is 2.53 bits per heavy atom. The van der Waals surface area contributed by atoms with Crippen LogP contribution in [0, 0.1) is 6.92 Å². The van der Waals surface area contributed by atoms with Crippen molar-refractivity contribution in [2.24, 2.45) is 0 Å². The van der Waals surface area contributed by atoms with E-state index in [0.717, 1.165) is 12.0 Å². The van der Waals surface area contributed by atoms with Crippen LogP contribution in [0.5, 0.6) is 0 Å². The number of hydrogen-bond donors (Lipinski definition) is 3. The molecule has 0 spiro atoms. The number of carbonyl (C=O) groups excluding carboxylic acids is 2. The predicted octanol–water partition coefficient (Wildman–Crippen LogP) is 2.88. The molecular formula is C14H21N3O2. The maximum absolute atomic E-state index is 11.6. The topological polar surface area (TPSA) is 70.2 Å². The van der Waals surface area contributed by atoms with Gasteiger partial charge in [-0.1, -0.05) is 19.9 Å². The summed E-state index contributed by atoms with van der Waals surface area (Å²) in [4.78, 5) is 22.9. The Morgan fingerprint density at radius 2 is 1.89 bits per heavy atom. The third-order valence-electron chi connectivity index (χ3n) is 2.63. The second-order valence-corrected chi connectivity index (χ2v) is 4.31. The molecule has 5 nitrogen and oxygen atoms in total. The van der Waals surface area contributed by atoms with Crippen LogP contribution in [-0.2, 0) is 4.79 Å². The molecule has 1 aromatic carbocycles. The van der Waals surface area contributed by atoms with Crippen molar-refractivity contribution >= 4 is 23.3 Å². The number of hydrogen-bond acceptors (Lipinski definition) is 2. The number of carbonyl (C=O) groups is 2. The molecule has 0 unspecified atom stereocenters. The van der Waals surface area contributed by atoms with E-state index >= 15 is 0 Å². The van der Waals surface area contributed by atoms with Crippen molar-refractivity contribution in [2.45, 2.75) is 33.6 Å². The summed E-state index contributed by atoms with van der Waals surface area (Å²) in [6.07, 6.45) is 1.31. The average molecular weight is 263 g/mol. The lowest BCUT2D eigenvalue weighted by Crippen LogP contribution is -2.29. The molecule has 0 aliphatic heterocycles. The number of urea groups is 1. The Labute approximate surface area is 113 Å². The molecule has 19 heavy (non-hydrogen) atoms. The number of nitrogens with one attached hydrogen (secondary N) is 3. The Morgan fingerprint density at radius 1 is 1.16 bits per heavy atom. The molecule has 3 N–H and O–H groups in total. The number of anilines is 2. The van der Waals surface area contributed by atoms with Gasteiger partial charge < -0.3 is 16.0 Å². The fourth-order valence-corrected chi connectivity index (χ4v) is 1.49. The number of benzene rings is 1. The predicted molar refractivity (Wildman–Crippen MR) is 77.4 cm³/mol. The lowest BCUT2D eigenvalue weighted by atomic mass is 10.2. The molecule has 1 aromatic rings. The standard InChI is InChI=1S/C14H21N3O2/c1-4-8-15-14(19)17-12-9-11(7-6-10(12)3)16-13(18)5-2/h6-7,9H,4-5,8H2,1-3H3,(H,16,18)(H2,15,17,19). The highest BCUT2D eigenvalue weighted by Crippen LogP contribution is 2.20. The summed E-state index contributed by atoms with van der Waals surface area (Å²) in [7, 11) is 0. The van der Waals surface area contributed by atoms with E-state index in [1.54, 1.807) is 13.0 Å². The summed E-state index contributed by atoms with van der Waals surface area (Å²) >= 11 is 0. The van der Waals surface area contributed by atoms with E-state index in [1.165, 1.54) is 0 Å². The van der Waals surface area contributed by atoms with E-state index in [9.17, 15) is 9.59 Å². The van der Waals surface area contributed by atoms with Crippen molar-refractivity contribution < 1.29 is 9.59 Å². The van der Waals surface area contributed by atoms with Gasteiger partial charge in [0.05, 0.1) is 0 Å². The van der Waals surface area contributed by atoms with Crippen molar-refractivity contribution in [1.29, 1.82) is 0 Å². The highest BCUT2D eigenvalue weighted by atomic mass is 16.2. The zero-order valence-corrected chi connectivity index (χ0v) is 11.7. The van der Waals surface area contributed by atoms with Crippen LogP contribution < -0.4 is 16.0 Å². The van der Waals surface area contributed by atoms with Crippen molar-refractivity contribution in [3.05, 3.63) is 23.8 Å². The smallest absolute Gasteiger partial charge is 0.319 e. The van der Waals surface area contributed by atoms with Crippen molar-refractivity contribution in [2.75, 3.05) is 17.2 Å². The largest absolute Gasteiger partial charge is 0.338 e. The van der Waals surface area contributed by atoms with Gasteiger partial charge in [-0.05, 0) is 31.0 Å². The molecule has 3 amide bonds. The van der Waals surface area contributed by atoms with Crippen LogP contribution in [0.3, 0.4) is 0 Å². The van der Waals surface area contributed by atoms with Gasteiger partial charge in [0.15, 0.2) is 0 Å². The molecule has 0 heterocycles. The second-order valence-electron chi connectivity index (χ2n) is 4.31. The zero-order chi connectivity index (χ0) is 14.3. The lowest BCUT2D eigenvalue weighted by molar-refractivity contribution is -0.115. The Kier molecular flexibility index (Phi) is 5.85. The molecule has 0 aromatic heterocycles. The fourth-order valence-electron chi connectivity index (χ4n) is 1.49. The molecule has 0 atom stereocenters. The molecule has 0 aliphatic carbocycles. The molecule has 0 saturated heterocycles. The van der Waals surface area contributed by atoms with E-state index in [1.807, 2.05) is 26.0 Å². The van der Waals surface area contributed by atoms with Crippen LogP contribution in [0.1, 0.15) is 32.3 Å². The number of amides is 3. The normalized spacial score (nSPS) is 9.84. The van der Waals surface area contributed by atoms with Gasteiger partial charge in [0.2, 0.25) is 5.91 Å².